The summed E-state index contributed by atoms with van der Waals surface area (Å²) in [7, 11) is 1.68. The van der Waals surface area contributed by atoms with Crippen LogP contribution in [0.25, 0.3) is 10.9 Å². The first-order valence-corrected chi connectivity index (χ1v) is 5.79. The number of hydrogen-bond donors (Lipinski definition) is 3. The summed E-state index contributed by atoms with van der Waals surface area (Å²) in [5.74, 6) is -1.92. The van der Waals surface area contributed by atoms with Gasteiger partial charge >= 0.3 is 5.97 Å². The zero-order chi connectivity index (χ0) is 14.9. The predicted molar refractivity (Wildman–Crippen MR) is 73.6 cm³/mol. The molecule has 1 aromatic carbocycles. The zero-order valence-corrected chi connectivity index (χ0v) is 10.7. The number of nitrogens with zero attached hydrogens (tertiary/aromatic N) is 1. The van der Waals surface area contributed by atoms with Gasteiger partial charge in [0, 0.05) is 18.9 Å². The first-order valence-electron chi connectivity index (χ1n) is 5.79. The van der Waals surface area contributed by atoms with Crippen molar-refractivity contribution in [3.8, 4) is 0 Å². The fraction of sp³-hybridized carbons (Fsp3) is 0.154. The highest BCUT2D eigenvalue weighted by Crippen LogP contribution is 2.17. The Morgan fingerprint density at radius 1 is 1.40 bits per heavy atom. The number of carbonyl (C=O) groups excluding carboxylic acids is 1. The maximum absolute atomic E-state index is 12.3. The molecule has 0 radical (unpaired) electrons. The van der Waals surface area contributed by atoms with Crippen molar-refractivity contribution in [2.45, 2.75) is 0 Å². The average molecular weight is 275 g/mol. The summed E-state index contributed by atoms with van der Waals surface area (Å²) in [5.41, 5.74) is 6.00. The maximum Gasteiger partial charge on any atom is 0.322 e. The number of pyridine rings is 1. The average Bonchev–Trinajstić information content (AvgIpc) is 2.40. The number of nitrogens with one attached hydrogen (secondary N) is 1. The van der Waals surface area contributed by atoms with E-state index in [0.717, 1.165) is 0 Å². The van der Waals surface area contributed by atoms with E-state index in [4.69, 9.17) is 10.8 Å². The van der Waals surface area contributed by atoms with E-state index in [2.05, 4.69) is 5.32 Å². The lowest BCUT2D eigenvalue weighted by molar-refractivity contribution is -0.135. The van der Waals surface area contributed by atoms with Gasteiger partial charge in [-0.3, -0.25) is 14.4 Å². The van der Waals surface area contributed by atoms with Gasteiger partial charge in [-0.2, -0.15) is 0 Å². The van der Waals surface area contributed by atoms with Gasteiger partial charge in [0.1, 0.15) is 12.1 Å². The van der Waals surface area contributed by atoms with Gasteiger partial charge in [-0.1, -0.05) is 6.07 Å². The number of hydrogen-bond acceptors (Lipinski definition) is 4. The molecular weight excluding hydrogens is 262 g/mol. The molecule has 0 unspecified atom stereocenters. The van der Waals surface area contributed by atoms with Crippen molar-refractivity contribution in [3.05, 3.63) is 40.2 Å². The van der Waals surface area contributed by atoms with Crippen molar-refractivity contribution in [1.29, 1.82) is 0 Å². The minimum absolute atomic E-state index is 0.140. The van der Waals surface area contributed by atoms with Crippen LogP contribution in [0.1, 0.15) is 10.4 Å². The van der Waals surface area contributed by atoms with Crippen LogP contribution in [0, 0.1) is 0 Å². The molecule has 104 valence electrons. The van der Waals surface area contributed by atoms with Crippen molar-refractivity contribution >= 4 is 28.5 Å². The summed E-state index contributed by atoms with van der Waals surface area (Å²) in [6.07, 6.45) is 1.36. The molecule has 0 aliphatic rings. The number of benzene rings is 1. The Kier molecular flexibility index (Phi) is 3.43. The molecule has 0 aliphatic heterocycles. The third-order valence-corrected chi connectivity index (χ3v) is 2.89. The van der Waals surface area contributed by atoms with Crippen LogP contribution in [0.2, 0.25) is 0 Å². The molecule has 0 atom stereocenters. The highest BCUT2D eigenvalue weighted by molar-refractivity contribution is 6.00. The molecule has 20 heavy (non-hydrogen) atoms. The molecule has 1 heterocycles. The van der Waals surface area contributed by atoms with E-state index in [1.165, 1.54) is 6.20 Å². The molecular formula is C13H13N3O4. The largest absolute Gasteiger partial charge is 0.480 e. The number of nitrogen functional groups attached to an aromatic ring is 1. The zero-order valence-electron chi connectivity index (χ0n) is 10.7. The van der Waals surface area contributed by atoms with Crippen LogP contribution in [0.3, 0.4) is 0 Å². The number of carboxylic acids is 1. The van der Waals surface area contributed by atoms with Crippen molar-refractivity contribution in [1.82, 2.24) is 9.88 Å². The van der Waals surface area contributed by atoms with E-state index in [9.17, 15) is 14.4 Å². The molecule has 1 amide bonds. The maximum atomic E-state index is 12.3. The second-order valence-corrected chi connectivity index (χ2v) is 4.30. The topological polar surface area (TPSA) is 114 Å². The Morgan fingerprint density at radius 2 is 2.10 bits per heavy atom. The van der Waals surface area contributed by atoms with Crippen molar-refractivity contribution in [2.24, 2.45) is 7.05 Å². The number of amides is 1. The number of aliphatic carboxylic acids is 1. The summed E-state index contributed by atoms with van der Waals surface area (Å²) in [6, 6.07) is 5.00. The quantitative estimate of drug-likeness (QED) is 0.679. The SMILES string of the molecule is Cn1cc(C(=O)NCC(=O)O)c(=O)c2c(N)cccc21. The first-order chi connectivity index (χ1) is 9.41. The number of carboxylic acid groups (broad SMARTS) is 1. The molecule has 2 aromatic rings. The normalized spacial score (nSPS) is 10.4. The number of nitrogens with two attached hydrogens (primary N) is 1. The summed E-state index contributed by atoms with van der Waals surface area (Å²) in [4.78, 5) is 34.6. The molecule has 0 bridgehead atoms. The molecule has 4 N–H and O–H groups in total. The van der Waals surface area contributed by atoms with Gasteiger partial charge in [0.2, 0.25) is 5.43 Å². The Bertz CT molecular complexity index is 764. The van der Waals surface area contributed by atoms with Gasteiger partial charge in [-0.05, 0) is 12.1 Å². The van der Waals surface area contributed by atoms with E-state index in [1.807, 2.05) is 0 Å². The number of aryl methyl sites for hydroxylation is 1. The molecule has 7 nitrogen and oxygen atoms in total. The standard InChI is InChI=1S/C13H13N3O4/c1-16-6-7(13(20)15-5-10(17)18)12(19)11-8(14)3-2-4-9(11)16/h2-4,6H,5,14H2,1H3,(H,15,20)(H,17,18). The van der Waals surface area contributed by atoms with Gasteiger partial charge in [-0.25, -0.2) is 0 Å². The van der Waals surface area contributed by atoms with Gasteiger partial charge in [-0.15, -0.1) is 0 Å². The lowest BCUT2D eigenvalue weighted by Gasteiger charge is -2.10. The molecule has 0 saturated carbocycles. The Balaban J connectivity index is 2.59. The molecule has 0 spiro atoms. The predicted octanol–water partition coefficient (Wildman–Crippen LogP) is -0.0649. The fourth-order valence-electron chi connectivity index (χ4n) is 1.97. The van der Waals surface area contributed by atoms with Crippen molar-refractivity contribution in [3.63, 3.8) is 0 Å². The van der Waals surface area contributed by atoms with E-state index in [1.54, 1.807) is 29.8 Å². The smallest absolute Gasteiger partial charge is 0.322 e. The monoisotopic (exact) mass is 275 g/mol. The van der Waals surface area contributed by atoms with Crippen LogP contribution < -0.4 is 16.5 Å². The summed E-state index contributed by atoms with van der Waals surface area (Å²) < 4.78 is 1.60. The van der Waals surface area contributed by atoms with Crippen LogP contribution in [0.5, 0.6) is 0 Å². The lowest BCUT2D eigenvalue weighted by atomic mass is 10.1. The van der Waals surface area contributed by atoms with Crippen LogP contribution in [-0.2, 0) is 11.8 Å². The number of anilines is 1. The Labute approximate surface area is 113 Å². The van der Waals surface area contributed by atoms with Gasteiger partial charge in [0.15, 0.2) is 0 Å². The van der Waals surface area contributed by atoms with Crippen LogP contribution in [0.15, 0.2) is 29.2 Å². The summed E-state index contributed by atoms with van der Waals surface area (Å²) in [5, 5.41) is 10.9. The van der Waals surface area contributed by atoms with Crippen molar-refractivity contribution < 1.29 is 14.7 Å². The summed E-state index contributed by atoms with van der Waals surface area (Å²) >= 11 is 0. The van der Waals surface area contributed by atoms with Gasteiger partial charge < -0.3 is 20.7 Å². The highest BCUT2D eigenvalue weighted by Gasteiger charge is 2.16. The van der Waals surface area contributed by atoms with E-state index in [0.29, 0.717) is 5.52 Å². The lowest BCUT2D eigenvalue weighted by Crippen LogP contribution is -2.33. The van der Waals surface area contributed by atoms with E-state index < -0.39 is 23.9 Å². The third kappa shape index (κ3) is 2.33. The number of fused-ring (bicyclic) bond motifs is 1. The molecule has 0 saturated heterocycles. The second-order valence-electron chi connectivity index (χ2n) is 4.30. The van der Waals surface area contributed by atoms with Crippen LogP contribution in [0.4, 0.5) is 5.69 Å². The minimum atomic E-state index is -1.18. The second kappa shape index (κ2) is 5.04. The van der Waals surface area contributed by atoms with E-state index >= 15 is 0 Å². The van der Waals surface area contributed by atoms with Crippen molar-refractivity contribution in [2.75, 3.05) is 12.3 Å². The third-order valence-electron chi connectivity index (χ3n) is 2.89. The number of carbonyl (C=O) groups is 2. The molecule has 2 rings (SSSR count). The van der Waals surface area contributed by atoms with Crippen LogP contribution in [-0.4, -0.2) is 28.1 Å². The highest BCUT2D eigenvalue weighted by atomic mass is 16.4. The van der Waals surface area contributed by atoms with E-state index in [-0.39, 0.29) is 16.6 Å². The molecule has 1 aromatic heterocycles. The number of aromatic nitrogens is 1. The summed E-state index contributed by atoms with van der Waals surface area (Å²) in [6.45, 7) is -0.551. The minimum Gasteiger partial charge on any atom is -0.480 e. The fourth-order valence-corrected chi connectivity index (χ4v) is 1.97. The molecule has 7 heteroatoms. The van der Waals surface area contributed by atoms with Crippen LogP contribution >= 0.6 is 0 Å². The van der Waals surface area contributed by atoms with Gasteiger partial charge in [0.05, 0.1) is 10.9 Å². The number of rotatable bonds is 3. The first kappa shape index (κ1) is 13.6. The molecule has 0 aliphatic carbocycles. The Morgan fingerprint density at radius 3 is 2.75 bits per heavy atom. The Hall–Kier alpha value is -2.83. The molecule has 0 fully saturated rings. The van der Waals surface area contributed by atoms with Gasteiger partial charge in [0.25, 0.3) is 5.91 Å².